The van der Waals surface area contributed by atoms with Gasteiger partial charge in [-0.1, -0.05) is 17.7 Å². The molecule has 2 aromatic rings. The number of aliphatic hydroxyl groups is 1. The highest BCUT2D eigenvalue weighted by Gasteiger charge is 2.16. The molecule has 0 aliphatic rings. The zero-order chi connectivity index (χ0) is 18.2. The molecule has 0 radical (unpaired) electrons. The molecule has 0 spiro atoms. The third-order valence-corrected chi connectivity index (χ3v) is 3.77. The largest absolute Gasteiger partial charge is 0.478 e. The highest BCUT2D eigenvalue weighted by molar-refractivity contribution is 6.34. The molecular formula is C18H18ClN3O3. The molecule has 3 N–H and O–H groups in total. The van der Waals surface area contributed by atoms with E-state index in [9.17, 15) is 9.90 Å². The molecule has 1 heterocycles. The fourth-order valence-electron chi connectivity index (χ4n) is 2.30. The summed E-state index contributed by atoms with van der Waals surface area (Å²) in [6.45, 7) is 0.328. The van der Waals surface area contributed by atoms with Gasteiger partial charge in [0.25, 0.3) is 0 Å². The summed E-state index contributed by atoms with van der Waals surface area (Å²) >= 11 is 5.97. The molecule has 0 aliphatic carbocycles. The van der Waals surface area contributed by atoms with Crippen molar-refractivity contribution in [2.75, 3.05) is 20.2 Å². The fraction of sp³-hybridized carbons (Fsp3) is 0.167. The third-order valence-electron chi connectivity index (χ3n) is 3.44. The van der Waals surface area contributed by atoms with Gasteiger partial charge in [0, 0.05) is 43.3 Å². The van der Waals surface area contributed by atoms with E-state index < -0.39 is 5.97 Å². The maximum Gasteiger partial charge on any atom is 0.337 e. The second-order valence-electron chi connectivity index (χ2n) is 5.04. The predicted octanol–water partition coefficient (Wildman–Crippen LogP) is 2.48. The molecule has 0 unspecified atom stereocenters. The minimum atomic E-state index is -1.10. The van der Waals surface area contributed by atoms with Crippen molar-refractivity contribution in [3.63, 3.8) is 0 Å². The summed E-state index contributed by atoms with van der Waals surface area (Å²) in [4.78, 5) is 19.7. The quantitative estimate of drug-likeness (QED) is 0.521. The first-order valence-electron chi connectivity index (χ1n) is 7.53. The average Bonchev–Trinajstić information content (AvgIpc) is 2.62. The Hall–Kier alpha value is -2.70. The van der Waals surface area contributed by atoms with Crippen molar-refractivity contribution < 1.29 is 15.0 Å². The Bertz CT molecular complexity index is 804. The van der Waals surface area contributed by atoms with Crippen LogP contribution in [0.3, 0.4) is 0 Å². The fourth-order valence-corrected chi connectivity index (χ4v) is 2.50. The Morgan fingerprint density at radius 2 is 2.00 bits per heavy atom. The molecule has 0 amide bonds. The van der Waals surface area contributed by atoms with Gasteiger partial charge in [0.05, 0.1) is 22.9 Å². The van der Waals surface area contributed by atoms with E-state index in [2.05, 4.69) is 15.3 Å². The molecule has 0 fully saturated rings. The van der Waals surface area contributed by atoms with Gasteiger partial charge in [-0.05, 0) is 29.8 Å². The number of pyridine rings is 1. The van der Waals surface area contributed by atoms with Gasteiger partial charge in [-0.3, -0.25) is 9.98 Å². The minimum Gasteiger partial charge on any atom is -0.478 e. The number of allylic oxidation sites excluding steroid dienone is 1. The normalized spacial score (nSPS) is 12.1. The maximum absolute atomic E-state index is 11.4. The Morgan fingerprint density at radius 3 is 2.60 bits per heavy atom. The summed E-state index contributed by atoms with van der Waals surface area (Å²) in [7, 11) is 1.66. The first-order chi connectivity index (χ1) is 12.1. The molecule has 2 rings (SSSR count). The van der Waals surface area contributed by atoms with E-state index in [1.54, 1.807) is 37.8 Å². The van der Waals surface area contributed by atoms with Gasteiger partial charge < -0.3 is 15.5 Å². The molecule has 0 aliphatic heterocycles. The van der Waals surface area contributed by atoms with Crippen LogP contribution in [0.1, 0.15) is 21.5 Å². The van der Waals surface area contributed by atoms with Crippen LogP contribution in [-0.2, 0) is 0 Å². The lowest BCUT2D eigenvalue weighted by Gasteiger charge is -2.13. The number of aromatic nitrogens is 1. The van der Waals surface area contributed by atoms with Crippen LogP contribution in [0.5, 0.6) is 0 Å². The van der Waals surface area contributed by atoms with Gasteiger partial charge >= 0.3 is 5.97 Å². The number of nitrogens with one attached hydrogen (secondary N) is 1. The lowest BCUT2D eigenvalue weighted by Crippen LogP contribution is -2.15. The zero-order valence-electron chi connectivity index (χ0n) is 13.6. The van der Waals surface area contributed by atoms with Crippen LogP contribution in [0.15, 0.2) is 53.9 Å². The Labute approximate surface area is 150 Å². The number of nitrogens with zero attached hydrogens (tertiary/aromatic N) is 2. The molecule has 1 aromatic heterocycles. The second kappa shape index (κ2) is 8.96. The van der Waals surface area contributed by atoms with Crippen molar-refractivity contribution in [3.8, 4) is 0 Å². The van der Waals surface area contributed by atoms with Crippen LogP contribution in [0.2, 0.25) is 5.02 Å². The van der Waals surface area contributed by atoms with Gasteiger partial charge in [-0.2, -0.15) is 0 Å². The number of carboxylic acids is 1. The van der Waals surface area contributed by atoms with E-state index in [1.165, 1.54) is 6.07 Å². The van der Waals surface area contributed by atoms with Gasteiger partial charge in [0.15, 0.2) is 0 Å². The smallest absolute Gasteiger partial charge is 0.337 e. The SMILES string of the molecule is C/N=C(\C(=C/NCCO)c1ccc(Cl)c(C(=O)O)c1)c1ccncc1. The van der Waals surface area contributed by atoms with Crippen LogP contribution >= 0.6 is 11.6 Å². The second-order valence-corrected chi connectivity index (χ2v) is 5.45. The molecule has 130 valence electrons. The monoisotopic (exact) mass is 359 g/mol. The number of rotatable bonds is 7. The maximum atomic E-state index is 11.4. The minimum absolute atomic E-state index is 0.0115. The van der Waals surface area contributed by atoms with Crippen LogP contribution < -0.4 is 5.32 Å². The first kappa shape index (κ1) is 18.6. The van der Waals surface area contributed by atoms with Crippen LogP contribution in [0.4, 0.5) is 0 Å². The standard InChI is InChI=1S/C18H18ClN3O3/c1-20-17(12-4-6-21-7-5-12)15(11-22-8-9-23)13-2-3-16(19)14(10-13)18(24)25/h2-7,10-11,22-23H,8-9H2,1H3,(H,24,25)/b15-11-,20-17-. The lowest BCUT2D eigenvalue weighted by molar-refractivity contribution is 0.0697. The lowest BCUT2D eigenvalue weighted by atomic mass is 9.95. The molecule has 1 aromatic carbocycles. The number of aliphatic imine (C=N–C) groups is 1. The van der Waals surface area contributed by atoms with E-state index >= 15 is 0 Å². The van der Waals surface area contributed by atoms with E-state index in [4.69, 9.17) is 16.7 Å². The highest BCUT2D eigenvalue weighted by Crippen LogP contribution is 2.25. The van der Waals surface area contributed by atoms with Crippen LogP contribution in [-0.4, -0.2) is 47.1 Å². The molecular weight excluding hydrogens is 342 g/mol. The van der Waals surface area contributed by atoms with Crippen molar-refractivity contribution >= 4 is 28.9 Å². The number of hydrogen-bond donors (Lipinski definition) is 3. The van der Waals surface area contributed by atoms with Crippen molar-refractivity contribution in [2.24, 2.45) is 4.99 Å². The van der Waals surface area contributed by atoms with E-state index in [1.807, 2.05) is 12.1 Å². The molecule has 0 bridgehead atoms. The van der Waals surface area contributed by atoms with E-state index in [0.29, 0.717) is 23.4 Å². The first-order valence-corrected chi connectivity index (χ1v) is 7.91. The number of carboxylic acid groups (broad SMARTS) is 1. The van der Waals surface area contributed by atoms with Crippen molar-refractivity contribution in [2.45, 2.75) is 0 Å². The predicted molar refractivity (Wildman–Crippen MR) is 98.2 cm³/mol. The number of benzene rings is 1. The Kier molecular flexibility index (Phi) is 6.68. The number of aliphatic hydroxyl groups excluding tert-OH is 1. The van der Waals surface area contributed by atoms with Gasteiger partial charge in [0.1, 0.15) is 0 Å². The van der Waals surface area contributed by atoms with Crippen molar-refractivity contribution in [1.82, 2.24) is 10.3 Å². The number of hydrogen-bond acceptors (Lipinski definition) is 5. The van der Waals surface area contributed by atoms with Gasteiger partial charge in [-0.15, -0.1) is 0 Å². The van der Waals surface area contributed by atoms with Gasteiger partial charge in [0.2, 0.25) is 0 Å². The van der Waals surface area contributed by atoms with Crippen LogP contribution in [0, 0.1) is 0 Å². The summed E-state index contributed by atoms with van der Waals surface area (Å²) in [5.74, 6) is -1.10. The molecule has 25 heavy (non-hydrogen) atoms. The highest BCUT2D eigenvalue weighted by atomic mass is 35.5. The number of halogens is 1. The van der Waals surface area contributed by atoms with E-state index in [-0.39, 0.29) is 17.2 Å². The summed E-state index contributed by atoms with van der Waals surface area (Å²) in [6.07, 6.45) is 5.02. The summed E-state index contributed by atoms with van der Waals surface area (Å²) < 4.78 is 0. The van der Waals surface area contributed by atoms with E-state index in [0.717, 1.165) is 5.56 Å². The zero-order valence-corrected chi connectivity index (χ0v) is 14.4. The number of aromatic carboxylic acids is 1. The Morgan fingerprint density at radius 1 is 1.28 bits per heavy atom. The molecule has 0 saturated carbocycles. The molecule has 0 atom stereocenters. The molecule has 0 saturated heterocycles. The molecule has 7 heteroatoms. The Balaban J connectivity index is 2.55. The summed E-state index contributed by atoms with van der Waals surface area (Å²) in [5.41, 5.74) is 2.83. The van der Waals surface area contributed by atoms with Crippen molar-refractivity contribution in [3.05, 3.63) is 70.6 Å². The van der Waals surface area contributed by atoms with Gasteiger partial charge in [-0.25, -0.2) is 4.79 Å². The third kappa shape index (κ3) is 4.65. The number of carbonyl (C=O) groups is 1. The average molecular weight is 360 g/mol. The van der Waals surface area contributed by atoms with Crippen LogP contribution in [0.25, 0.3) is 5.57 Å². The molecule has 6 nitrogen and oxygen atoms in total. The van der Waals surface area contributed by atoms with Crippen molar-refractivity contribution in [1.29, 1.82) is 0 Å². The summed E-state index contributed by atoms with van der Waals surface area (Å²) in [5, 5.41) is 21.5. The topological polar surface area (TPSA) is 94.8 Å². The summed E-state index contributed by atoms with van der Waals surface area (Å²) in [6, 6.07) is 8.41.